The molecule has 0 aliphatic rings. The zero-order valence-electron chi connectivity index (χ0n) is 16.8. The summed E-state index contributed by atoms with van der Waals surface area (Å²) in [7, 11) is 1.61. The Bertz CT molecular complexity index is 826. The Morgan fingerprint density at radius 3 is 2.38 bits per heavy atom. The fourth-order valence-electron chi connectivity index (χ4n) is 2.68. The molecule has 2 aromatic carbocycles. The summed E-state index contributed by atoms with van der Waals surface area (Å²) in [6.07, 6.45) is 0. The first kappa shape index (κ1) is 23.1. The van der Waals surface area contributed by atoms with E-state index in [1.807, 2.05) is 24.3 Å². The van der Waals surface area contributed by atoms with E-state index in [9.17, 15) is 4.79 Å². The quantitative estimate of drug-likeness (QED) is 0.409. The minimum absolute atomic E-state index is 0.238. The van der Waals surface area contributed by atoms with Crippen molar-refractivity contribution >= 4 is 50.5 Å². The van der Waals surface area contributed by atoms with Gasteiger partial charge in [0.1, 0.15) is 12.4 Å². The standard InChI is InChI=1S/C21H26BrN3O3S/c1-4-25(5-2)17-9-7-16(8-10-17)23-21(29)24-20(26)15-6-11-19(18(22)14-15)28-13-12-27-3/h6-11,14H,4-5,12-13H2,1-3H3,(H2,23,24,26,29). The number of ether oxygens (including phenoxy) is 2. The third kappa shape index (κ3) is 6.99. The number of carbonyl (C=O) groups excluding carboxylic acids is 1. The van der Waals surface area contributed by atoms with Crippen molar-refractivity contribution in [2.24, 2.45) is 0 Å². The number of anilines is 2. The van der Waals surface area contributed by atoms with Crippen LogP contribution in [0.1, 0.15) is 24.2 Å². The molecule has 0 aliphatic carbocycles. The van der Waals surface area contributed by atoms with Crippen LogP contribution in [0.3, 0.4) is 0 Å². The number of thiocarbonyl (C=S) groups is 1. The maximum Gasteiger partial charge on any atom is 0.257 e. The number of hydrogen-bond acceptors (Lipinski definition) is 5. The van der Waals surface area contributed by atoms with Crippen molar-refractivity contribution < 1.29 is 14.3 Å². The highest BCUT2D eigenvalue weighted by atomic mass is 79.9. The van der Waals surface area contributed by atoms with Crippen LogP contribution in [-0.2, 0) is 4.74 Å². The van der Waals surface area contributed by atoms with E-state index < -0.39 is 0 Å². The Labute approximate surface area is 185 Å². The van der Waals surface area contributed by atoms with Gasteiger partial charge in [0, 0.05) is 37.1 Å². The largest absolute Gasteiger partial charge is 0.490 e. The third-order valence-corrected chi connectivity index (χ3v) is 5.04. The molecule has 0 saturated carbocycles. The minimum atomic E-state index is -0.300. The molecule has 0 aliphatic heterocycles. The second kappa shape index (κ2) is 11.7. The summed E-state index contributed by atoms with van der Waals surface area (Å²) in [6.45, 7) is 7.06. The summed E-state index contributed by atoms with van der Waals surface area (Å²) in [5, 5.41) is 5.97. The lowest BCUT2D eigenvalue weighted by atomic mass is 10.2. The molecule has 0 aromatic heterocycles. The maximum absolute atomic E-state index is 12.5. The fraction of sp³-hybridized carbons (Fsp3) is 0.333. The summed E-state index contributed by atoms with van der Waals surface area (Å²) < 4.78 is 11.2. The van der Waals surface area contributed by atoms with E-state index >= 15 is 0 Å². The van der Waals surface area contributed by atoms with Crippen LogP contribution in [0.25, 0.3) is 0 Å². The second-order valence-corrected chi connectivity index (χ2v) is 7.38. The van der Waals surface area contributed by atoms with Gasteiger partial charge in [0.05, 0.1) is 11.1 Å². The zero-order valence-corrected chi connectivity index (χ0v) is 19.2. The van der Waals surface area contributed by atoms with Gasteiger partial charge in [-0.15, -0.1) is 0 Å². The van der Waals surface area contributed by atoms with E-state index in [0.717, 1.165) is 24.5 Å². The molecule has 2 rings (SSSR count). The number of hydrogen-bond donors (Lipinski definition) is 2. The first-order valence-corrected chi connectivity index (χ1v) is 10.6. The smallest absolute Gasteiger partial charge is 0.257 e. The molecule has 0 saturated heterocycles. The van der Waals surface area contributed by atoms with Crippen molar-refractivity contribution in [3.8, 4) is 5.75 Å². The molecule has 0 unspecified atom stereocenters. The van der Waals surface area contributed by atoms with E-state index in [1.165, 1.54) is 0 Å². The molecule has 0 atom stereocenters. The average Bonchev–Trinajstić information content (AvgIpc) is 2.71. The predicted molar refractivity (Wildman–Crippen MR) is 125 cm³/mol. The van der Waals surface area contributed by atoms with Crippen LogP contribution < -0.4 is 20.3 Å². The molecule has 156 valence electrons. The molecule has 0 bridgehead atoms. The highest BCUT2D eigenvalue weighted by Gasteiger charge is 2.11. The van der Waals surface area contributed by atoms with Gasteiger partial charge in [-0.05, 0) is 84.5 Å². The Morgan fingerprint density at radius 2 is 1.79 bits per heavy atom. The summed E-state index contributed by atoms with van der Waals surface area (Å²) in [4.78, 5) is 14.7. The van der Waals surface area contributed by atoms with Crippen LogP contribution in [0.15, 0.2) is 46.9 Å². The van der Waals surface area contributed by atoms with Crippen molar-refractivity contribution in [2.75, 3.05) is 43.6 Å². The van der Waals surface area contributed by atoms with Gasteiger partial charge in [0.15, 0.2) is 5.11 Å². The third-order valence-electron chi connectivity index (χ3n) is 4.22. The number of rotatable bonds is 9. The van der Waals surface area contributed by atoms with E-state index in [4.69, 9.17) is 21.7 Å². The Balaban J connectivity index is 1.93. The zero-order chi connectivity index (χ0) is 21.2. The lowest BCUT2D eigenvalue weighted by Gasteiger charge is -2.21. The minimum Gasteiger partial charge on any atom is -0.490 e. The van der Waals surface area contributed by atoms with E-state index in [-0.39, 0.29) is 11.0 Å². The second-order valence-electron chi connectivity index (χ2n) is 6.11. The van der Waals surface area contributed by atoms with E-state index in [2.05, 4.69) is 45.3 Å². The van der Waals surface area contributed by atoms with Crippen LogP contribution in [0, 0.1) is 0 Å². The average molecular weight is 480 g/mol. The van der Waals surface area contributed by atoms with Gasteiger partial charge in [0.25, 0.3) is 5.91 Å². The van der Waals surface area contributed by atoms with Crippen molar-refractivity contribution in [3.05, 3.63) is 52.5 Å². The molecule has 1 amide bonds. The van der Waals surface area contributed by atoms with Crippen LogP contribution in [-0.4, -0.2) is 44.4 Å². The van der Waals surface area contributed by atoms with Crippen molar-refractivity contribution in [1.82, 2.24) is 5.32 Å². The van der Waals surface area contributed by atoms with Gasteiger partial charge >= 0.3 is 0 Å². The van der Waals surface area contributed by atoms with Gasteiger partial charge in [-0.1, -0.05) is 0 Å². The van der Waals surface area contributed by atoms with Gasteiger partial charge in [-0.2, -0.15) is 0 Å². The van der Waals surface area contributed by atoms with Crippen LogP contribution >= 0.6 is 28.1 Å². The molecule has 29 heavy (non-hydrogen) atoms. The van der Waals surface area contributed by atoms with Crippen molar-refractivity contribution in [1.29, 1.82) is 0 Å². The molecule has 0 fully saturated rings. The SMILES string of the molecule is CCN(CC)c1ccc(NC(=S)NC(=O)c2ccc(OCCOC)c(Br)c2)cc1. The number of amides is 1. The number of nitrogens with one attached hydrogen (secondary N) is 2. The summed E-state index contributed by atoms with van der Waals surface area (Å²) in [5.74, 6) is 0.346. The van der Waals surface area contributed by atoms with Crippen LogP contribution in [0.4, 0.5) is 11.4 Å². The van der Waals surface area contributed by atoms with Crippen LogP contribution in [0.2, 0.25) is 0 Å². The number of carbonyl (C=O) groups is 1. The normalized spacial score (nSPS) is 10.3. The number of methoxy groups -OCH3 is 1. The Morgan fingerprint density at radius 1 is 1.10 bits per heavy atom. The summed E-state index contributed by atoms with van der Waals surface area (Å²) in [6, 6.07) is 13.0. The molecular formula is C21H26BrN3O3S. The molecule has 8 heteroatoms. The lowest BCUT2D eigenvalue weighted by Crippen LogP contribution is -2.34. The highest BCUT2D eigenvalue weighted by Crippen LogP contribution is 2.26. The molecule has 2 aromatic rings. The van der Waals surface area contributed by atoms with Gasteiger partial charge in [-0.3, -0.25) is 10.1 Å². The summed E-state index contributed by atoms with van der Waals surface area (Å²) >= 11 is 8.69. The fourth-order valence-corrected chi connectivity index (χ4v) is 3.38. The maximum atomic E-state index is 12.5. The number of halogens is 1. The van der Waals surface area contributed by atoms with E-state index in [0.29, 0.717) is 29.0 Å². The Hall–Kier alpha value is -2.16. The number of benzene rings is 2. The summed E-state index contributed by atoms with van der Waals surface area (Å²) in [5.41, 5.74) is 2.43. The Kier molecular flexibility index (Phi) is 9.37. The topological polar surface area (TPSA) is 62.8 Å². The molecule has 0 spiro atoms. The predicted octanol–water partition coefficient (Wildman–Crippen LogP) is 4.45. The van der Waals surface area contributed by atoms with Gasteiger partial charge in [-0.25, -0.2) is 0 Å². The van der Waals surface area contributed by atoms with Gasteiger partial charge < -0.3 is 19.7 Å². The molecule has 6 nitrogen and oxygen atoms in total. The molecule has 2 N–H and O–H groups in total. The molecular weight excluding hydrogens is 454 g/mol. The molecule has 0 radical (unpaired) electrons. The first-order chi connectivity index (χ1) is 14.0. The first-order valence-electron chi connectivity index (χ1n) is 9.37. The highest BCUT2D eigenvalue weighted by molar-refractivity contribution is 9.10. The van der Waals surface area contributed by atoms with Crippen molar-refractivity contribution in [3.63, 3.8) is 0 Å². The molecule has 0 heterocycles. The van der Waals surface area contributed by atoms with Crippen LogP contribution in [0.5, 0.6) is 5.75 Å². The number of nitrogens with zero attached hydrogens (tertiary/aromatic N) is 1. The lowest BCUT2D eigenvalue weighted by molar-refractivity contribution is 0.0977. The van der Waals surface area contributed by atoms with Crippen molar-refractivity contribution in [2.45, 2.75) is 13.8 Å². The van der Waals surface area contributed by atoms with E-state index in [1.54, 1.807) is 25.3 Å². The van der Waals surface area contributed by atoms with Gasteiger partial charge in [0.2, 0.25) is 0 Å². The monoisotopic (exact) mass is 479 g/mol.